The molecule has 0 aromatic rings. The first-order valence-electron chi connectivity index (χ1n) is 7.15. The van der Waals surface area contributed by atoms with Crippen LogP contribution in [0.15, 0.2) is 0 Å². The summed E-state index contributed by atoms with van der Waals surface area (Å²) in [7, 11) is 0. The second-order valence-corrected chi connectivity index (χ2v) is 4.96. The normalized spacial score (nSPS) is 19.7. The molecule has 1 amide bonds. The van der Waals surface area contributed by atoms with Crippen LogP contribution in [0.5, 0.6) is 0 Å². The quantitative estimate of drug-likeness (QED) is 0.666. The predicted molar refractivity (Wildman–Crippen MR) is 74.4 cm³/mol. The third kappa shape index (κ3) is 5.33. The number of amides is 1. The van der Waals surface area contributed by atoms with E-state index in [1.807, 2.05) is 6.92 Å². The lowest BCUT2D eigenvalue weighted by Crippen LogP contribution is -2.49. The van der Waals surface area contributed by atoms with Gasteiger partial charge in [0.1, 0.15) is 0 Å². The molecule has 0 bridgehead atoms. The van der Waals surface area contributed by atoms with Crippen LogP contribution in [0, 0.1) is 0 Å². The average molecular weight is 256 g/mol. The Morgan fingerprint density at radius 2 is 1.83 bits per heavy atom. The molecule has 1 aliphatic rings. The van der Waals surface area contributed by atoms with Gasteiger partial charge in [-0.2, -0.15) is 0 Å². The van der Waals surface area contributed by atoms with E-state index in [4.69, 9.17) is 5.73 Å². The maximum Gasteiger partial charge on any atom is 0.236 e. The summed E-state index contributed by atoms with van der Waals surface area (Å²) < 4.78 is 0. The molecule has 18 heavy (non-hydrogen) atoms. The van der Waals surface area contributed by atoms with E-state index in [1.54, 1.807) is 0 Å². The summed E-state index contributed by atoms with van der Waals surface area (Å²) in [5.41, 5.74) is 5.75. The van der Waals surface area contributed by atoms with Gasteiger partial charge in [-0.3, -0.25) is 9.69 Å². The van der Waals surface area contributed by atoms with Crippen molar-refractivity contribution in [1.29, 1.82) is 0 Å². The first-order chi connectivity index (χ1) is 8.67. The Morgan fingerprint density at radius 3 is 2.39 bits per heavy atom. The highest BCUT2D eigenvalue weighted by Crippen LogP contribution is 2.00. The summed E-state index contributed by atoms with van der Waals surface area (Å²) in [4.78, 5) is 16.5. The summed E-state index contributed by atoms with van der Waals surface area (Å²) in [5.74, 6) is -0.0101. The van der Waals surface area contributed by atoms with Gasteiger partial charge in [-0.25, -0.2) is 0 Å². The Kier molecular flexibility index (Phi) is 7.23. The first-order valence-corrected chi connectivity index (χ1v) is 7.15. The van der Waals surface area contributed by atoms with Crippen molar-refractivity contribution in [3.05, 3.63) is 0 Å². The van der Waals surface area contributed by atoms with Gasteiger partial charge in [-0.15, -0.1) is 0 Å². The number of piperazine rings is 1. The number of rotatable bonds is 7. The van der Waals surface area contributed by atoms with E-state index in [2.05, 4.69) is 22.0 Å². The monoisotopic (exact) mass is 256 g/mol. The number of hydrogen-bond acceptors (Lipinski definition) is 4. The molecule has 106 valence electrons. The molecule has 5 heteroatoms. The topological polar surface area (TPSA) is 61.6 Å². The van der Waals surface area contributed by atoms with Crippen molar-refractivity contribution in [1.82, 2.24) is 15.1 Å². The van der Waals surface area contributed by atoms with E-state index in [9.17, 15) is 4.79 Å². The van der Waals surface area contributed by atoms with Gasteiger partial charge in [0.25, 0.3) is 0 Å². The number of nitrogens with two attached hydrogens (primary N) is 1. The standard InChI is InChI=1S/C13H28N4O/c1-3-5-12(14)13(18)15-6-7-17-10-8-16(4-2)9-11-17/h12H,3-11,14H2,1-2H3,(H,15,18). The maximum absolute atomic E-state index is 11.6. The van der Waals surface area contributed by atoms with Gasteiger partial charge in [0.05, 0.1) is 6.04 Å². The Balaban J connectivity index is 2.09. The van der Waals surface area contributed by atoms with E-state index in [1.165, 1.54) is 0 Å². The number of nitrogens with one attached hydrogen (secondary N) is 1. The van der Waals surface area contributed by atoms with Crippen LogP contribution in [0.3, 0.4) is 0 Å². The van der Waals surface area contributed by atoms with Crippen LogP contribution < -0.4 is 11.1 Å². The molecular formula is C13H28N4O. The molecule has 1 heterocycles. The van der Waals surface area contributed by atoms with Gasteiger partial charge in [-0.1, -0.05) is 20.3 Å². The number of carbonyl (C=O) groups is 1. The molecular weight excluding hydrogens is 228 g/mol. The molecule has 1 saturated heterocycles. The van der Waals surface area contributed by atoms with Crippen molar-refractivity contribution in [2.24, 2.45) is 5.73 Å². The van der Waals surface area contributed by atoms with E-state index < -0.39 is 0 Å². The lowest BCUT2D eigenvalue weighted by molar-refractivity contribution is -0.122. The SMILES string of the molecule is CCCC(N)C(=O)NCCN1CCN(CC)CC1. The molecule has 1 fully saturated rings. The second kappa shape index (κ2) is 8.45. The third-order valence-corrected chi connectivity index (χ3v) is 3.58. The van der Waals surface area contributed by atoms with Crippen LogP contribution in [0.2, 0.25) is 0 Å². The van der Waals surface area contributed by atoms with Gasteiger partial charge in [0.15, 0.2) is 0 Å². The van der Waals surface area contributed by atoms with Gasteiger partial charge < -0.3 is 16.0 Å². The third-order valence-electron chi connectivity index (χ3n) is 3.58. The summed E-state index contributed by atoms with van der Waals surface area (Å²) in [6, 6.07) is -0.341. The van der Waals surface area contributed by atoms with Crippen molar-refractivity contribution in [3.63, 3.8) is 0 Å². The molecule has 0 spiro atoms. The van der Waals surface area contributed by atoms with Gasteiger partial charge in [0, 0.05) is 39.3 Å². The average Bonchev–Trinajstić information content (AvgIpc) is 2.39. The Morgan fingerprint density at radius 1 is 1.22 bits per heavy atom. The van der Waals surface area contributed by atoms with Crippen LogP contribution in [-0.2, 0) is 4.79 Å². The highest BCUT2D eigenvalue weighted by molar-refractivity contribution is 5.81. The smallest absolute Gasteiger partial charge is 0.236 e. The molecule has 1 aliphatic heterocycles. The molecule has 0 saturated carbocycles. The van der Waals surface area contributed by atoms with Crippen molar-refractivity contribution in [3.8, 4) is 0 Å². The van der Waals surface area contributed by atoms with Crippen molar-refractivity contribution in [2.45, 2.75) is 32.7 Å². The van der Waals surface area contributed by atoms with Gasteiger partial charge in [-0.05, 0) is 13.0 Å². The molecule has 3 N–H and O–H groups in total. The van der Waals surface area contributed by atoms with Gasteiger partial charge >= 0.3 is 0 Å². The maximum atomic E-state index is 11.6. The zero-order chi connectivity index (χ0) is 13.4. The lowest BCUT2D eigenvalue weighted by atomic mass is 10.2. The lowest BCUT2D eigenvalue weighted by Gasteiger charge is -2.34. The van der Waals surface area contributed by atoms with Crippen molar-refractivity contribution < 1.29 is 4.79 Å². The van der Waals surface area contributed by atoms with E-state index in [-0.39, 0.29) is 11.9 Å². The zero-order valence-corrected chi connectivity index (χ0v) is 11.8. The summed E-state index contributed by atoms with van der Waals surface area (Å²) in [6.45, 7) is 11.5. The fourth-order valence-corrected chi connectivity index (χ4v) is 2.24. The summed E-state index contributed by atoms with van der Waals surface area (Å²) in [5, 5.41) is 2.92. The van der Waals surface area contributed by atoms with E-state index >= 15 is 0 Å². The largest absolute Gasteiger partial charge is 0.353 e. The second-order valence-electron chi connectivity index (χ2n) is 4.96. The van der Waals surface area contributed by atoms with Gasteiger partial charge in [0.2, 0.25) is 5.91 Å². The predicted octanol–water partition coefficient (Wildman–Crippen LogP) is -0.132. The highest BCUT2D eigenvalue weighted by Gasteiger charge is 2.16. The number of likely N-dealkylation sites (N-methyl/N-ethyl adjacent to an activating group) is 1. The summed E-state index contributed by atoms with van der Waals surface area (Å²) in [6.07, 6.45) is 1.72. The molecule has 1 rings (SSSR count). The Labute approximate surface area is 111 Å². The minimum Gasteiger partial charge on any atom is -0.353 e. The molecule has 1 unspecified atom stereocenters. The van der Waals surface area contributed by atoms with Crippen LogP contribution in [0.1, 0.15) is 26.7 Å². The number of nitrogens with zero attached hydrogens (tertiary/aromatic N) is 2. The van der Waals surface area contributed by atoms with Crippen molar-refractivity contribution in [2.75, 3.05) is 45.8 Å². The molecule has 0 aromatic heterocycles. The molecule has 0 aromatic carbocycles. The molecule has 5 nitrogen and oxygen atoms in total. The Hall–Kier alpha value is -0.650. The molecule has 1 atom stereocenters. The van der Waals surface area contributed by atoms with Crippen LogP contribution in [-0.4, -0.2) is 67.6 Å². The number of carbonyl (C=O) groups excluding carboxylic acids is 1. The minimum atomic E-state index is -0.341. The Bertz CT molecular complexity index is 239. The van der Waals surface area contributed by atoms with Crippen LogP contribution in [0.4, 0.5) is 0 Å². The molecule has 0 aliphatic carbocycles. The van der Waals surface area contributed by atoms with E-state index in [0.717, 1.165) is 52.1 Å². The van der Waals surface area contributed by atoms with E-state index in [0.29, 0.717) is 6.54 Å². The van der Waals surface area contributed by atoms with Crippen molar-refractivity contribution >= 4 is 5.91 Å². The number of hydrogen-bond donors (Lipinski definition) is 2. The first kappa shape index (κ1) is 15.4. The van der Waals surface area contributed by atoms with Crippen LogP contribution >= 0.6 is 0 Å². The highest BCUT2D eigenvalue weighted by atomic mass is 16.2. The molecule has 0 radical (unpaired) electrons. The minimum absolute atomic E-state index is 0.0101. The summed E-state index contributed by atoms with van der Waals surface area (Å²) >= 11 is 0. The zero-order valence-electron chi connectivity index (χ0n) is 11.8. The fourth-order valence-electron chi connectivity index (χ4n) is 2.24. The fraction of sp³-hybridized carbons (Fsp3) is 0.923. The van der Waals surface area contributed by atoms with Crippen LogP contribution in [0.25, 0.3) is 0 Å².